The highest BCUT2D eigenvalue weighted by Gasteiger charge is 2.24. The van der Waals surface area contributed by atoms with Crippen LogP contribution in [-0.2, 0) is 19.2 Å². The van der Waals surface area contributed by atoms with Crippen LogP contribution in [0.1, 0.15) is 38.5 Å². The molecule has 8 rings (SSSR count). The van der Waals surface area contributed by atoms with Gasteiger partial charge in [0.15, 0.2) is 0 Å². The normalized spacial score (nSPS) is 11.6. The Kier molecular flexibility index (Phi) is 13.3. The van der Waals surface area contributed by atoms with Crippen molar-refractivity contribution in [1.29, 1.82) is 0 Å². The predicted octanol–water partition coefficient (Wildman–Crippen LogP) is 10.7. The number of fused-ring (bicyclic) bond motifs is 4. The van der Waals surface area contributed by atoms with Crippen LogP contribution in [0.15, 0.2) is 90.2 Å². The first kappa shape index (κ1) is 42.4. The van der Waals surface area contributed by atoms with Gasteiger partial charge in [-0.2, -0.15) is 0 Å². The number of carbonyl (C=O) groups excluding carboxylic acids is 4. The molecule has 4 aromatic carbocycles. The Balaban J connectivity index is 0.991. The predicted molar refractivity (Wildman–Crippen MR) is 257 cm³/mol. The Labute approximate surface area is 381 Å². The molecule has 20 heteroatoms. The van der Waals surface area contributed by atoms with Crippen molar-refractivity contribution in [3.63, 3.8) is 0 Å². The van der Waals surface area contributed by atoms with Crippen molar-refractivity contribution < 1.29 is 19.2 Å². The molecule has 0 fully saturated rings. The van der Waals surface area contributed by atoms with Gasteiger partial charge in [0, 0.05) is 48.4 Å². The zero-order valence-corrected chi connectivity index (χ0v) is 38.0. The summed E-state index contributed by atoms with van der Waals surface area (Å²) in [7, 11) is 0. The highest BCUT2D eigenvalue weighted by Crippen LogP contribution is 2.32. The van der Waals surface area contributed by atoms with Crippen molar-refractivity contribution in [3.8, 4) is 0 Å². The summed E-state index contributed by atoms with van der Waals surface area (Å²) in [5.41, 5.74) is 5.54. The lowest BCUT2D eigenvalue weighted by atomic mass is 9.87. The van der Waals surface area contributed by atoms with E-state index in [1.165, 1.54) is 45.3 Å². The molecule has 0 radical (unpaired) electrons. The number of nitrogens with zero attached hydrogens (tertiary/aromatic N) is 4. The number of nitrogens with one attached hydrogen (secondary N) is 4. The second kappa shape index (κ2) is 18.8. The van der Waals surface area contributed by atoms with Crippen molar-refractivity contribution >= 4 is 183 Å². The first-order chi connectivity index (χ1) is 28.9. The Bertz CT molecular complexity index is 2540. The van der Waals surface area contributed by atoms with E-state index in [-0.39, 0.29) is 49.3 Å². The highest BCUT2D eigenvalue weighted by molar-refractivity contribution is 7.83. The molecule has 4 N–H and O–H groups in total. The monoisotopic (exact) mass is 946 g/mol. The molecule has 0 saturated heterocycles. The summed E-state index contributed by atoms with van der Waals surface area (Å²) < 4.78 is 6.02. The summed E-state index contributed by atoms with van der Waals surface area (Å²) in [5, 5.41) is 11.9. The van der Waals surface area contributed by atoms with Gasteiger partial charge >= 0.3 is 0 Å². The van der Waals surface area contributed by atoms with E-state index in [4.69, 9.17) is 0 Å². The van der Waals surface area contributed by atoms with Crippen LogP contribution in [0.3, 0.4) is 0 Å². The summed E-state index contributed by atoms with van der Waals surface area (Å²) in [5.74, 6) is -1.94. The van der Waals surface area contributed by atoms with E-state index in [2.05, 4.69) is 91.7 Å². The molecule has 8 aromatic rings. The molecule has 0 saturated carbocycles. The molecule has 0 spiro atoms. The molecule has 0 bridgehead atoms. The van der Waals surface area contributed by atoms with Crippen LogP contribution < -0.4 is 21.3 Å². The fourth-order valence-corrected chi connectivity index (χ4v) is 11.5. The fourth-order valence-electron chi connectivity index (χ4n) is 6.88. The number of rotatable bonds is 15. The Morgan fingerprint density at radius 2 is 0.650 bits per heavy atom. The molecule has 4 aromatic heterocycles. The summed E-state index contributed by atoms with van der Waals surface area (Å²) in [6.45, 7) is 0. The molecule has 12 nitrogen and oxygen atoms in total. The van der Waals surface area contributed by atoms with Crippen molar-refractivity contribution in [2.24, 2.45) is 11.8 Å². The fraction of sp³-hybridized carbons (Fsp3) is 0.200. The van der Waals surface area contributed by atoms with Crippen LogP contribution in [0, 0.1) is 11.8 Å². The number of hydrogen-bond donors (Lipinski definition) is 8. The van der Waals surface area contributed by atoms with Gasteiger partial charge in [0.1, 0.15) is 17.4 Å². The van der Waals surface area contributed by atoms with E-state index < -0.39 is 11.8 Å². The molecule has 4 amide bonds. The Morgan fingerprint density at radius 1 is 0.417 bits per heavy atom. The van der Waals surface area contributed by atoms with Crippen molar-refractivity contribution in [3.05, 3.63) is 72.8 Å². The number of hydrogen-bond acceptors (Lipinski definition) is 16. The van der Waals surface area contributed by atoms with E-state index in [1.54, 1.807) is 24.3 Å². The lowest BCUT2D eigenvalue weighted by molar-refractivity contribution is -0.121. The maximum Gasteiger partial charge on any atom is 0.224 e. The Hall–Kier alpha value is -4.28. The minimum atomic E-state index is -0.431. The standard InChI is InChI=1S/C40H34N8O4S8/c49-33(41-21-3-7-25-29(15-21)57-37(53)45-25)11-19(12-34(50)42-22-4-8-26-30(16-22)58-38(54)46-26)1-2-20(13-35(51)43-23-5-9-27-31(17-23)59-39(55)47-27)14-36(52)44-24-6-10-28-32(18-24)60-40(56)48-28/h3-10,15-20H,1-2,11-14H2,(H,41,49)(H,42,50)(H,43,51)(H,44,52)(H,45,53)(H,46,54)(H,47,55)(H,48,56). The van der Waals surface area contributed by atoms with E-state index in [9.17, 15) is 19.2 Å². The molecule has 306 valence electrons. The van der Waals surface area contributed by atoms with Gasteiger partial charge in [-0.15, -0.1) is 95.9 Å². The van der Waals surface area contributed by atoms with Crippen LogP contribution >= 0.6 is 95.9 Å². The first-order valence-corrected chi connectivity index (χ1v) is 23.5. The van der Waals surface area contributed by atoms with Gasteiger partial charge in [-0.1, -0.05) is 0 Å². The van der Waals surface area contributed by atoms with Gasteiger partial charge in [-0.25, -0.2) is 19.9 Å². The van der Waals surface area contributed by atoms with Gasteiger partial charge in [0.05, 0.1) is 40.9 Å². The molecular weight excluding hydrogens is 913 g/mol. The zero-order chi connectivity index (χ0) is 41.9. The van der Waals surface area contributed by atoms with Crippen LogP contribution in [-0.4, -0.2) is 43.6 Å². The third-order valence-corrected chi connectivity index (χ3v) is 14.3. The van der Waals surface area contributed by atoms with Gasteiger partial charge in [0.25, 0.3) is 0 Å². The third-order valence-electron chi connectivity index (χ3n) is 9.52. The summed E-state index contributed by atoms with van der Waals surface area (Å²) in [6.07, 6.45) is 0.871. The van der Waals surface area contributed by atoms with Gasteiger partial charge in [-0.3, -0.25) is 19.2 Å². The van der Waals surface area contributed by atoms with Gasteiger partial charge < -0.3 is 21.3 Å². The van der Waals surface area contributed by atoms with Crippen molar-refractivity contribution in [2.45, 2.75) is 55.9 Å². The average Bonchev–Trinajstić information content (AvgIpc) is 3.95. The SMILES string of the molecule is O=C(CC(CCC(CC(=O)Nc1ccc2nc(S)sc2c1)CC(=O)Nc1ccc2nc(S)sc2c1)CC(=O)Nc1ccc2nc(S)sc2c1)Nc1ccc2nc(S)sc2c1. The quantitative estimate of drug-likeness (QED) is 0.0470. The topological polar surface area (TPSA) is 168 Å². The number of thiazole rings is 4. The minimum absolute atomic E-state index is 0.0258. The lowest BCUT2D eigenvalue weighted by Gasteiger charge is -2.21. The van der Waals surface area contributed by atoms with Crippen LogP contribution in [0.2, 0.25) is 0 Å². The van der Waals surface area contributed by atoms with E-state index >= 15 is 0 Å². The number of carbonyl (C=O) groups is 4. The molecule has 0 aliphatic rings. The number of anilines is 4. The Morgan fingerprint density at radius 3 is 0.883 bits per heavy atom. The molecule has 0 unspecified atom stereocenters. The van der Waals surface area contributed by atoms with Gasteiger partial charge in [0.2, 0.25) is 23.6 Å². The van der Waals surface area contributed by atoms with E-state index in [0.29, 0.717) is 52.9 Å². The zero-order valence-electron chi connectivity index (χ0n) is 31.2. The largest absolute Gasteiger partial charge is 0.326 e. The molecule has 60 heavy (non-hydrogen) atoms. The third kappa shape index (κ3) is 11.0. The lowest BCUT2D eigenvalue weighted by Crippen LogP contribution is -2.25. The maximum atomic E-state index is 13.6. The average molecular weight is 947 g/mol. The second-order valence-electron chi connectivity index (χ2n) is 14.0. The first-order valence-electron chi connectivity index (χ1n) is 18.4. The van der Waals surface area contributed by atoms with Gasteiger partial charge in [-0.05, 0) is 97.5 Å². The molecule has 0 aliphatic carbocycles. The van der Waals surface area contributed by atoms with E-state index in [1.807, 2.05) is 48.5 Å². The van der Waals surface area contributed by atoms with Crippen molar-refractivity contribution in [2.75, 3.05) is 21.3 Å². The number of amides is 4. The summed E-state index contributed by atoms with van der Waals surface area (Å²) >= 11 is 23.0. The minimum Gasteiger partial charge on any atom is -0.326 e. The molecule has 0 aliphatic heterocycles. The van der Waals surface area contributed by atoms with Crippen LogP contribution in [0.4, 0.5) is 22.7 Å². The second-order valence-corrected chi connectivity index (χ2v) is 21.1. The molecule has 4 heterocycles. The molecular formula is C40H34N8O4S8. The number of aromatic nitrogens is 4. The number of thiol groups is 4. The summed E-state index contributed by atoms with van der Waals surface area (Å²) in [6, 6.07) is 21.8. The van der Waals surface area contributed by atoms with Crippen molar-refractivity contribution in [1.82, 2.24) is 19.9 Å². The maximum absolute atomic E-state index is 13.6. The van der Waals surface area contributed by atoms with Crippen LogP contribution in [0.5, 0.6) is 0 Å². The smallest absolute Gasteiger partial charge is 0.224 e. The van der Waals surface area contributed by atoms with E-state index in [0.717, 1.165) is 40.9 Å². The highest BCUT2D eigenvalue weighted by atomic mass is 32.2. The summed E-state index contributed by atoms with van der Waals surface area (Å²) in [4.78, 5) is 72.0. The molecule has 0 atom stereocenters. The van der Waals surface area contributed by atoms with Crippen LogP contribution in [0.25, 0.3) is 40.9 Å². The number of benzene rings is 4.